The third kappa shape index (κ3) is 4.15. The zero-order valence-corrected chi connectivity index (χ0v) is 9.31. The zero-order valence-electron chi connectivity index (χ0n) is 8.55. The molecule has 1 saturated heterocycles. The minimum atomic E-state index is 0.102. The maximum atomic E-state index is 5.84. The Hall–Kier alpha value is -0.0100. The smallest absolute Gasteiger partial charge is 0.0631 e. The van der Waals surface area contributed by atoms with E-state index >= 15 is 0 Å². The Labute approximate surface area is 86.1 Å². The molecule has 1 atom stereocenters. The monoisotopic (exact) mass is 202 g/mol. The molecule has 0 aromatic carbocycles. The fraction of sp³-hybridized carbons (Fsp3) is 0.818. The molecule has 2 heteroatoms. The number of rotatable bonds is 4. The van der Waals surface area contributed by atoms with Crippen LogP contribution in [0.5, 0.6) is 0 Å². The maximum Gasteiger partial charge on any atom is 0.0631 e. The van der Waals surface area contributed by atoms with Crippen LogP contribution < -0.4 is 0 Å². The third-order valence-electron chi connectivity index (χ3n) is 2.40. The molecule has 0 radical (unpaired) electrons. The third-order valence-corrected chi connectivity index (χ3v) is 2.61. The SMILES string of the molecule is CC1(C)CCC(C/C=C/CCCl)O1. The van der Waals surface area contributed by atoms with E-state index < -0.39 is 0 Å². The minimum Gasteiger partial charge on any atom is -0.372 e. The van der Waals surface area contributed by atoms with E-state index in [0.29, 0.717) is 12.0 Å². The van der Waals surface area contributed by atoms with Gasteiger partial charge < -0.3 is 4.74 Å². The highest BCUT2D eigenvalue weighted by Crippen LogP contribution is 2.30. The van der Waals surface area contributed by atoms with Crippen LogP contribution in [0, 0.1) is 0 Å². The van der Waals surface area contributed by atoms with Gasteiger partial charge in [0.1, 0.15) is 0 Å². The molecule has 1 fully saturated rings. The van der Waals surface area contributed by atoms with Gasteiger partial charge in [-0.25, -0.2) is 0 Å². The van der Waals surface area contributed by atoms with Crippen molar-refractivity contribution in [3.8, 4) is 0 Å². The van der Waals surface area contributed by atoms with Crippen molar-refractivity contribution in [2.24, 2.45) is 0 Å². The van der Waals surface area contributed by atoms with Gasteiger partial charge in [-0.05, 0) is 39.5 Å². The molecule has 1 aliphatic rings. The van der Waals surface area contributed by atoms with Gasteiger partial charge in [-0.1, -0.05) is 12.2 Å². The van der Waals surface area contributed by atoms with Gasteiger partial charge in [-0.2, -0.15) is 0 Å². The summed E-state index contributed by atoms with van der Waals surface area (Å²) in [6.45, 7) is 4.32. The van der Waals surface area contributed by atoms with Crippen LogP contribution in [0.2, 0.25) is 0 Å². The van der Waals surface area contributed by atoms with Crippen molar-refractivity contribution in [2.45, 2.75) is 51.2 Å². The van der Waals surface area contributed by atoms with Gasteiger partial charge in [0.2, 0.25) is 0 Å². The molecule has 13 heavy (non-hydrogen) atoms. The summed E-state index contributed by atoms with van der Waals surface area (Å²) in [5.74, 6) is 0.716. The highest BCUT2D eigenvalue weighted by atomic mass is 35.5. The van der Waals surface area contributed by atoms with Crippen LogP contribution in [-0.4, -0.2) is 17.6 Å². The van der Waals surface area contributed by atoms with Gasteiger partial charge in [0.15, 0.2) is 0 Å². The van der Waals surface area contributed by atoms with Crippen molar-refractivity contribution in [3.05, 3.63) is 12.2 Å². The topological polar surface area (TPSA) is 9.23 Å². The number of ether oxygens (including phenoxy) is 1. The number of hydrogen-bond acceptors (Lipinski definition) is 1. The molecule has 1 unspecified atom stereocenters. The number of halogens is 1. The van der Waals surface area contributed by atoms with E-state index in [0.717, 1.165) is 12.8 Å². The van der Waals surface area contributed by atoms with Crippen LogP contribution in [0.1, 0.15) is 39.5 Å². The second kappa shape index (κ2) is 5.02. The lowest BCUT2D eigenvalue weighted by Gasteiger charge is -2.18. The summed E-state index contributed by atoms with van der Waals surface area (Å²) in [7, 11) is 0. The summed E-state index contributed by atoms with van der Waals surface area (Å²) in [5.41, 5.74) is 0.102. The highest BCUT2D eigenvalue weighted by molar-refractivity contribution is 6.17. The molecule has 1 heterocycles. The fourth-order valence-electron chi connectivity index (χ4n) is 1.67. The van der Waals surface area contributed by atoms with Crippen molar-refractivity contribution >= 4 is 11.6 Å². The first-order chi connectivity index (χ1) is 6.14. The van der Waals surface area contributed by atoms with E-state index in [1.807, 2.05) is 0 Å². The lowest BCUT2D eigenvalue weighted by Crippen LogP contribution is -2.19. The van der Waals surface area contributed by atoms with Gasteiger partial charge in [-0.3, -0.25) is 0 Å². The van der Waals surface area contributed by atoms with Crippen LogP contribution in [0.3, 0.4) is 0 Å². The highest BCUT2D eigenvalue weighted by Gasteiger charge is 2.30. The molecule has 0 saturated carbocycles. The molecule has 1 nitrogen and oxygen atoms in total. The number of allylic oxidation sites excluding steroid dienone is 1. The molecule has 0 aromatic heterocycles. The van der Waals surface area contributed by atoms with Gasteiger partial charge in [0.05, 0.1) is 11.7 Å². The number of hydrogen-bond donors (Lipinski definition) is 0. The Bertz CT molecular complexity index is 175. The van der Waals surface area contributed by atoms with Crippen LogP contribution in [0.4, 0.5) is 0 Å². The van der Waals surface area contributed by atoms with E-state index in [-0.39, 0.29) is 5.60 Å². The summed E-state index contributed by atoms with van der Waals surface area (Å²) in [6.07, 6.45) is 9.15. The summed E-state index contributed by atoms with van der Waals surface area (Å²) >= 11 is 5.56. The van der Waals surface area contributed by atoms with Crippen LogP contribution in [-0.2, 0) is 4.74 Å². The predicted molar refractivity (Wildman–Crippen MR) is 57.3 cm³/mol. The first-order valence-corrected chi connectivity index (χ1v) is 5.56. The first kappa shape index (κ1) is 11.1. The lowest BCUT2D eigenvalue weighted by molar-refractivity contribution is -0.0134. The van der Waals surface area contributed by atoms with Crippen molar-refractivity contribution in [1.29, 1.82) is 0 Å². The molecule has 0 spiro atoms. The Morgan fingerprint density at radius 3 is 2.77 bits per heavy atom. The summed E-state index contributed by atoms with van der Waals surface area (Å²) in [4.78, 5) is 0. The van der Waals surface area contributed by atoms with Gasteiger partial charge in [0.25, 0.3) is 0 Å². The Balaban J connectivity index is 2.17. The maximum absolute atomic E-state index is 5.84. The average Bonchev–Trinajstić information content (AvgIpc) is 2.40. The Kier molecular flexibility index (Phi) is 4.27. The molecule has 0 bridgehead atoms. The standard InChI is InChI=1S/C11H19ClO/c1-11(2)8-7-10(13-11)6-4-3-5-9-12/h3-4,10H,5-9H2,1-2H3/b4-3+. The van der Waals surface area contributed by atoms with E-state index in [1.54, 1.807) is 0 Å². The lowest BCUT2D eigenvalue weighted by atomic mass is 10.0. The summed E-state index contributed by atoms with van der Waals surface area (Å²) < 4.78 is 5.84. The molecule has 0 aliphatic carbocycles. The molecule has 76 valence electrons. The zero-order chi connectivity index (χ0) is 9.73. The van der Waals surface area contributed by atoms with Crippen LogP contribution >= 0.6 is 11.6 Å². The van der Waals surface area contributed by atoms with Crippen LogP contribution in [0.15, 0.2) is 12.2 Å². The normalized spacial score (nSPS) is 27.2. The molecule has 0 aromatic rings. The van der Waals surface area contributed by atoms with Crippen molar-refractivity contribution in [2.75, 3.05) is 5.88 Å². The van der Waals surface area contributed by atoms with Crippen molar-refractivity contribution in [3.63, 3.8) is 0 Å². The van der Waals surface area contributed by atoms with Gasteiger partial charge >= 0.3 is 0 Å². The second-order valence-electron chi connectivity index (χ2n) is 4.22. The average molecular weight is 203 g/mol. The van der Waals surface area contributed by atoms with E-state index in [2.05, 4.69) is 26.0 Å². The molecule has 1 aliphatic heterocycles. The second-order valence-corrected chi connectivity index (χ2v) is 4.60. The molecule has 0 N–H and O–H groups in total. The molecule has 0 amide bonds. The van der Waals surface area contributed by atoms with E-state index in [1.165, 1.54) is 12.8 Å². The minimum absolute atomic E-state index is 0.102. The summed E-state index contributed by atoms with van der Waals surface area (Å²) in [6, 6.07) is 0. The van der Waals surface area contributed by atoms with Gasteiger partial charge in [-0.15, -0.1) is 11.6 Å². The predicted octanol–water partition coefficient (Wildman–Crippen LogP) is 3.52. The Morgan fingerprint density at radius 2 is 2.23 bits per heavy atom. The largest absolute Gasteiger partial charge is 0.372 e. The summed E-state index contributed by atoms with van der Waals surface area (Å²) in [5, 5.41) is 0. The fourth-order valence-corrected chi connectivity index (χ4v) is 1.80. The molecular formula is C11H19ClO. The first-order valence-electron chi connectivity index (χ1n) is 5.03. The Morgan fingerprint density at radius 1 is 1.46 bits per heavy atom. The molecular weight excluding hydrogens is 184 g/mol. The molecule has 1 rings (SSSR count). The van der Waals surface area contributed by atoms with Crippen LogP contribution in [0.25, 0.3) is 0 Å². The van der Waals surface area contributed by atoms with E-state index in [9.17, 15) is 0 Å². The van der Waals surface area contributed by atoms with Gasteiger partial charge in [0, 0.05) is 5.88 Å². The number of alkyl halides is 1. The van der Waals surface area contributed by atoms with Crippen molar-refractivity contribution < 1.29 is 4.74 Å². The van der Waals surface area contributed by atoms with E-state index in [4.69, 9.17) is 16.3 Å². The van der Waals surface area contributed by atoms with Crippen molar-refractivity contribution in [1.82, 2.24) is 0 Å². The quantitative estimate of drug-likeness (QED) is 0.501.